The van der Waals surface area contributed by atoms with Gasteiger partial charge < -0.3 is 9.47 Å². The highest BCUT2D eigenvalue weighted by Crippen LogP contribution is 2.46. The van der Waals surface area contributed by atoms with Crippen molar-refractivity contribution in [3.05, 3.63) is 80.8 Å². The number of benzene rings is 2. The van der Waals surface area contributed by atoms with E-state index in [1.165, 1.54) is 0 Å². The fourth-order valence-corrected chi connectivity index (χ4v) is 3.95. The first-order valence-corrected chi connectivity index (χ1v) is 8.88. The monoisotopic (exact) mass is 432 g/mol. The predicted molar refractivity (Wildman–Crippen MR) is 98.0 cm³/mol. The third-order valence-electron chi connectivity index (χ3n) is 4.29. The summed E-state index contributed by atoms with van der Waals surface area (Å²) >= 11 is 7.00. The lowest BCUT2D eigenvalue weighted by Gasteiger charge is -2.44. The first kappa shape index (κ1) is 15.0. The molecule has 0 atom stereocenters. The molecule has 4 rings (SSSR count). The zero-order valence-corrected chi connectivity index (χ0v) is 15.5. The van der Waals surface area contributed by atoms with Crippen molar-refractivity contribution >= 4 is 31.9 Å². The molecule has 4 heteroatoms. The Morgan fingerprint density at radius 2 is 1.22 bits per heavy atom. The number of ether oxygens (including phenoxy) is 2. The molecule has 0 aliphatic carbocycles. The summed E-state index contributed by atoms with van der Waals surface area (Å²) in [4.78, 5) is 0. The van der Waals surface area contributed by atoms with Crippen LogP contribution in [-0.4, -0.2) is 5.79 Å². The molecule has 0 N–H and O–H groups in total. The van der Waals surface area contributed by atoms with Gasteiger partial charge in [-0.2, -0.15) is 0 Å². The van der Waals surface area contributed by atoms with Crippen molar-refractivity contribution in [1.29, 1.82) is 0 Å². The van der Waals surface area contributed by atoms with Crippen LogP contribution in [0.5, 0.6) is 11.5 Å². The van der Waals surface area contributed by atoms with E-state index in [0.717, 1.165) is 42.7 Å². The van der Waals surface area contributed by atoms with E-state index in [1.54, 1.807) is 0 Å². The lowest BCUT2D eigenvalue weighted by atomic mass is 9.85. The maximum absolute atomic E-state index is 6.27. The third kappa shape index (κ3) is 2.36. The normalized spacial score (nSPS) is 18.0. The Bertz CT molecular complexity index is 783. The van der Waals surface area contributed by atoms with E-state index >= 15 is 0 Å². The van der Waals surface area contributed by atoms with Crippen LogP contribution in [0.25, 0.3) is 0 Å². The summed E-state index contributed by atoms with van der Waals surface area (Å²) in [5.41, 5.74) is 3.96. The van der Waals surface area contributed by atoms with Gasteiger partial charge in [-0.05, 0) is 47.5 Å². The second kappa shape index (κ2) is 5.25. The average Bonchev–Trinajstić information content (AvgIpc) is 2.50. The van der Waals surface area contributed by atoms with Crippen LogP contribution < -0.4 is 9.47 Å². The zero-order valence-electron chi connectivity index (χ0n) is 12.4. The highest BCUT2D eigenvalue weighted by molar-refractivity contribution is 9.10. The maximum atomic E-state index is 6.27. The molecule has 0 saturated carbocycles. The smallest absolute Gasteiger partial charge is 0.297 e. The van der Waals surface area contributed by atoms with E-state index in [9.17, 15) is 0 Å². The van der Waals surface area contributed by atoms with Crippen molar-refractivity contribution in [1.82, 2.24) is 0 Å². The first-order valence-electron chi connectivity index (χ1n) is 7.29. The SMILES string of the molecule is C=C1Cc2cc(Br)ccc2OC12Oc1ccc(Br)cc1CC2=C. The maximum Gasteiger partial charge on any atom is 0.297 e. The van der Waals surface area contributed by atoms with Gasteiger partial charge in [0, 0.05) is 32.9 Å². The summed E-state index contributed by atoms with van der Waals surface area (Å²) in [6, 6.07) is 12.0. The van der Waals surface area contributed by atoms with Gasteiger partial charge in [-0.25, -0.2) is 0 Å². The third-order valence-corrected chi connectivity index (χ3v) is 5.28. The average molecular weight is 434 g/mol. The number of hydrogen-bond acceptors (Lipinski definition) is 2. The van der Waals surface area contributed by atoms with Crippen molar-refractivity contribution in [2.45, 2.75) is 18.6 Å². The van der Waals surface area contributed by atoms with Gasteiger partial charge in [0.25, 0.3) is 5.79 Å². The Morgan fingerprint density at radius 3 is 1.65 bits per heavy atom. The highest BCUT2D eigenvalue weighted by atomic mass is 79.9. The standard InChI is InChI=1S/C19H14Br2O2/c1-11-7-13-9-15(20)3-5-17(13)22-19(11)12(2)8-14-10-16(21)4-6-18(14)23-19/h3-6,9-10H,1-2,7-8H2. The zero-order chi connectivity index (χ0) is 16.2. The molecular weight excluding hydrogens is 420 g/mol. The van der Waals surface area contributed by atoms with E-state index in [1.807, 2.05) is 24.3 Å². The van der Waals surface area contributed by atoms with Crippen molar-refractivity contribution in [3.63, 3.8) is 0 Å². The first-order chi connectivity index (χ1) is 11.0. The summed E-state index contributed by atoms with van der Waals surface area (Å²) in [7, 11) is 0. The number of halogens is 2. The molecule has 2 aliphatic rings. The minimum absolute atomic E-state index is 0.708. The molecule has 0 unspecified atom stereocenters. The van der Waals surface area contributed by atoms with Gasteiger partial charge in [-0.1, -0.05) is 45.0 Å². The summed E-state index contributed by atoms with van der Waals surface area (Å²) in [6.45, 7) is 8.45. The Hall–Kier alpha value is -1.52. The van der Waals surface area contributed by atoms with E-state index in [4.69, 9.17) is 9.47 Å². The molecule has 2 aliphatic heterocycles. The molecular formula is C19H14Br2O2. The van der Waals surface area contributed by atoms with E-state index in [2.05, 4.69) is 57.2 Å². The molecule has 2 nitrogen and oxygen atoms in total. The molecule has 23 heavy (non-hydrogen) atoms. The minimum atomic E-state index is -0.971. The summed E-state index contributed by atoms with van der Waals surface area (Å²) in [6.07, 6.45) is 1.42. The van der Waals surface area contributed by atoms with Crippen LogP contribution in [0.15, 0.2) is 69.6 Å². The summed E-state index contributed by atoms with van der Waals surface area (Å²) in [5.74, 6) is 0.673. The van der Waals surface area contributed by atoms with Gasteiger partial charge in [0.2, 0.25) is 0 Å². The van der Waals surface area contributed by atoms with Gasteiger partial charge >= 0.3 is 0 Å². The lowest BCUT2D eigenvalue weighted by molar-refractivity contribution is -0.0637. The second-order valence-electron chi connectivity index (χ2n) is 5.89. The van der Waals surface area contributed by atoms with E-state index in [-0.39, 0.29) is 0 Å². The van der Waals surface area contributed by atoms with Gasteiger partial charge in [0.1, 0.15) is 11.5 Å². The minimum Gasteiger partial charge on any atom is -0.445 e. The Morgan fingerprint density at radius 1 is 0.783 bits per heavy atom. The molecule has 0 bridgehead atoms. The Kier molecular flexibility index (Phi) is 3.43. The van der Waals surface area contributed by atoms with E-state index in [0.29, 0.717) is 12.8 Å². The fourth-order valence-electron chi connectivity index (χ4n) is 3.13. The lowest BCUT2D eigenvalue weighted by Crippen LogP contribution is -2.50. The van der Waals surface area contributed by atoms with Gasteiger partial charge in [0.15, 0.2) is 0 Å². The summed E-state index contributed by atoms with van der Waals surface area (Å²) in [5, 5.41) is 0. The topological polar surface area (TPSA) is 18.5 Å². The van der Waals surface area contributed by atoms with Crippen LogP contribution in [-0.2, 0) is 12.8 Å². The highest BCUT2D eigenvalue weighted by Gasteiger charge is 2.47. The number of fused-ring (bicyclic) bond motifs is 2. The molecule has 2 heterocycles. The Balaban J connectivity index is 1.79. The molecule has 2 aromatic rings. The van der Waals surface area contributed by atoms with Crippen molar-refractivity contribution in [2.24, 2.45) is 0 Å². The van der Waals surface area contributed by atoms with Crippen molar-refractivity contribution in [3.8, 4) is 11.5 Å². The van der Waals surface area contributed by atoms with Crippen molar-refractivity contribution in [2.75, 3.05) is 0 Å². The van der Waals surface area contributed by atoms with Crippen LogP contribution in [0.4, 0.5) is 0 Å². The molecule has 2 aromatic carbocycles. The number of rotatable bonds is 0. The molecule has 1 spiro atoms. The largest absolute Gasteiger partial charge is 0.445 e. The van der Waals surface area contributed by atoms with Gasteiger partial charge in [0.05, 0.1) is 0 Å². The van der Waals surface area contributed by atoms with Crippen LogP contribution in [0.3, 0.4) is 0 Å². The predicted octanol–water partition coefficient (Wildman–Crippen LogP) is 5.59. The van der Waals surface area contributed by atoms with Crippen LogP contribution in [0.1, 0.15) is 11.1 Å². The molecule has 0 aromatic heterocycles. The molecule has 0 fully saturated rings. The number of hydrogen-bond donors (Lipinski definition) is 0. The summed E-state index contributed by atoms with van der Waals surface area (Å²) < 4.78 is 14.6. The van der Waals surface area contributed by atoms with Crippen LogP contribution in [0, 0.1) is 0 Å². The second-order valence-corrected chi connectivity index (χ2v) is 7.72. The fraction of sp³-hybridized carbons (Fsp3) is 0.158. The van der Waals surface area contributed by atoms with Crippen molar-refractivity contribution < 1.29 is 9.47 Å². The quantitative estimate of drug-likeness (QED) is 0.504. The van der Waals surface area contributed by atoms with E-state index < -0.39 is 5.79 Å². The molecule has 116 valence electrons. The molecule has 0 radical (unpaired) electrons. The molecule has 0 saturated heterocycles. The Labute approximate surface area is 152 Å². The van der Waals surface area contributed by atoms with Crippen LogP contribution in [0.2, 0.25) is 0 Å². The van der Waals surface area contributed by atoms with Gasteiger partial charge in [-0.15, -0.1) is 0 Å². The van der Waals surface area contributed by atoms with Gasteiger partial charge in [-0.3, -0.25) is 0 Å². The molecule has 0 amide bonds. The van der Waals surface area contributed by atoms with Crippen LogP contribution >= 0.6 is 31.9 Å².